The number of ether oxygens (including phenoxy) is 1. The van der Waals surface area contributed by atoms with Crippen LogP contribution in [0, 0.1) is 0 Å². The number of rotatable bonds is 3. The number of aromatic nitrogens is 1. The maximum Gasteiger partial charge on any atom is 0.107 e. The molecule has 0 bridgehead atoms. The van der Waals surface area contributed by atoms with E-state index in [0.29, 0.717) is 5.92 Å². The van der Waals surface area contributed by atoms with E-state index in [1.807, 2.05) is 7.05 Å². The highest BCUT2D eigenvalue weighted by molar-refractivity contribution is 7.09. The van der Waals surface area contributed by atoms with E-state index in [0.717, 1.165) is 32.6 Å². The Kier molecular flexibility index (Phi) is 3.50. The minimum Gasteiger partial charge on any atom is -0.381 e. The van der Waals surface area contributed by atoms with Crippen molar-refractivity contribution in [2.24, 2.45) is 0 Å². The fourth-order valence-corrected chi connectivity index (χ4v) is 2.63. The summed E-state index contributed by atoms with van der Waals surface area (Å²) in [6.07, 6.45) is 2.26. The second-order valence-electron chi connectivity index (χ2n) is 3.58. The van der Waals surface area contributed by atoms with Crippen LogP contribution in [0.2, 0.25) is 0 Å². The van der Waals surface area contributed by atoms with E-state index in [9.17, 15) is 0 Å². The average Bonchev–Trinajstić information content (AvgIpc) is 2.68. The molecule has 0 unspecified atom stereocenters. The summed E-state index contributed by atoms with van der Waals surface area (Å²) in [5.74, 6) is 0.630. The van der Waals surface area contributed by atoms with Gasteiger partial charge in [0.25, 0.3) is 0 Å². The van der Waals surface area contributed by atoms with Crippen LogP contribution in [0.15, 0.2) is 5.38 Å². The highest BCUT2D eigenvalue weighted by Gasteiger charge is 2.18. The molecule has 0 aliphatic carbocycles. The molecule has 3 nitrogen and oxygen atoms in total. The third-order valence-electron chi connectivity index (χ3n) is 2.54. The fourth-order valence-electron chi connectivity index (χ4n) is 1.74. The lowest BCUT2D eigenvalue weighted by Gasteiger charge is -2.19. The molecule has 1 N–H and O–H groups in total. The smallest absolute Gasteiger partial charge is 0.107 e. The van der Waals surface area contributed by atoms with Gasteiger partial charge in [0.05, 0.1) is 5.69 Å². The molecule has 1 aliphatic heterocycles. The summed E-state index contributed by atoms with van der Waals surface area (Å²) in [5, 5.41) is 6.51. The van der Waals surface area contributed by atoms with E-state index < -0.39 is 0 Å². The van der Waals surface area contributed by atoms with Crippen LogP contribution in [-0.2, 0) is 11.3 Å². The van der Waals surface area contributed by atoms with Gasteiger partial charge < -0.3 is 10.1 Å². The zero-order valence-electron chi connectivity index (χ0n) is 8.45. The van der Waals surface area contributed by atoms with E-state index in [4.69, 9.17) is 4.74 Å². The minimum absolute atomic E-state index is 0.630. The lowest BCUT2D eigenvalue weighted by atomic mass is 9.98. The lowest BCUT2D eigenvalue weighted by molar-refractivity contribution is 0.0846. The van der Waals surface area contributed by atoms with Crippen LogP contribution in [0.5, 0.6) is 0 Å². The largest absolute Gasteiger partial charge is 0.381 e. The second kappa shape index (κ2) is 4.87. The van der Waals surface area contributed by atoms with Crippen LogP contribution in [0.25, 0.3) is 0 Å². The van der Waals surface area contributed by atoms with Crippen molar-refractivity contribution in [1.82, 2.24) is 10.3 Å². The van der Waals surface area contributed by atoms with Gasteiger partial charge in [0, 0.05) is 31.1 Å². The van der Waals surface area contributed by atoms with Crippen molar-refractivity contribution in [2.75, 3.05) is 20.3 Å². The molecule has 2 rings (SSSR count). The first-order valence-electron chi connectivity index (χ1n) is 5.07. The molecule has 78 valence electrons. The van der Waals surface area contributed by atoms with Crippen molar-refractivity contribution in [3.8, 4) is 0 Å². The summed E-state index contributed by atoms with van der Waals surface area (Å²) in [6.45, 7) is 2.67. The zero-order valence-corrected chi connectivity index (χ0v) is 9.27. The van der Waals surface area contributed by atoms with E-state index in [-0.39, 0.29) is 0 Å². The van der Waals surface area contributed by atoms with Gasteiger partial charge in [-0.05, 0) is 19.9 Å². The summed E-state index contributed by atoms with van der Waals surface area (Å²) >= 11 is 1.75. The SMILES string of the molecule is CNCc1nc(C2CCOCC2)cs1. The number of thiazole rings is 1. The number of nitrogens with zero attached hydrogens (tertiary/aromatic N) is 1. The Labute approximate surface area is 88.5 Å². The Hall–Kier alpha value is -0.450. The van der Waals surface area contributed by atoms with Crippen LogP contribution < -0.4 is 5.32 Å². The van der Waals surface area contributed by atoms with Gasteiger partial charge in [-0.1, -0.05) is 0 Å². The van der Waals surface area contributed by atoms with Crippen molar-refractivity contribution < 1.29 is 4.74 Å². The summed E-state index contributed by atoms with van der Waals surface area (Å²) < 4.78 is 5.34. The van der Waals surface area contributed by atoms with E-state index in [1.165, 1.54) is 10.7 Å². The highest BCUT2D eigenvalue weighted by Crippen LogP contribution is 2.27. The van der Waals surface area contributed by atoms with Crippen molar-refractivity contribution in [3.05, 3.63) is 16.1 Å². The van der Waals surface area contributed by atoms with Crippen LogP contribution in [-0.4, -0.2) is 25.2 Å². The van der Waals surface area contributed by atoms with E-state index in [2.05, 4.69) is 15.7 Å². The zero-order chi connectivity index (χ0) is 9.80. The van der Waals surface area contributed by atoms with Gasteiger partial charge in [0.1, 0.15) is 5.01 Å². The van der Waals surface area contributed by atoms with Crippen LogP contribution in [0.1, 0.15) is 29.5 Å². The predicted octanol–water partition coefficient (Wildman–Crippen LogP) is 1.76. The van der Waals surface area contributed by atoms with Crippen molar-refractivity contribution in [3.63, 3.8) is 0 Å². The van der Waals surface area contributed by atoms with Crippen molar-refractivity contribution >= 4 is 11.3 Å². The van der Waals surface area contributed by atoms with Gasteiger partial charge in [0.15, 0.2) is 0 Å². The molecular weight excluding hydrogens is 196 g/mol. The average molecular weight is 212 g/mol. The summed E-state index contributed by atoms with van der Waals surface area (Å²) in [4.78, 5) is 4.62. The monoisotopic (exact) mass is 212 g/mol. The Morgan fingerprint density at radius 3 is 3.07 bits per heavy atom. The van der Waals surface area contributed by atoms with Crippen LogP contribution in [0.4, 0.5) is 0 Å². The molecular formula is C10H16N2OS. The van der Waals surface area contributed by atoms with Crippen LogP contribution >= 0.6 is 11.3 Å². The molecule has 1 saturated heterocycles. The Morgan fingerprint density at radius 2 is 2.36 bits per heavy atom. The van der Waals surface area contributed by atoms with Gasteiger partial charge in [-0.3, -0.25) is 0 Å². The number of hydrogen-bond donors (Lipinski definition) is 1. The number of hydrogen-bond acceptors (Lipinski definition) is 4. The normalized spacial score (nSPS) is 18.6. The highest BCUT2D eigenvalue weighted by atomic mass is 32.1. The summed E-state index contributed by atoms with van der Waals surface area (Å²) in [5.41, 5.74) is 1.27. The van der Waals surface area contributed by atoms with E-state index >= 15 is 0 Å². The molecule has 2 heterocycles. The molecule has 0 amide bonds. The van der Waals surface area contributed by atoms with E-state index in [1.54, 1.807) is 11.3 Å². The quantitative estimate of drug-likeness (QED) is 0.829. The third kappa shape index (κ3) is 2.32. The van der Waals surface area contributed by atoms with Crippen molar-refractivity contribution in [1.29, 1.82) is 0 Å². The van der Waals surface area contributed by atoms with Crippen molar-refractivity contribution in [2.45, 2.75) is 25.3 Å². The first kappa shape index (κ1) is 10.1. The third-order valence-corrected chi connectivity index (χ3v) is 3.40. The Balaban J connectivity index is 2.00. The summed E-state index contributed by atoms with van der Waals surface area (Å²) in [7, 11) is 1.95. The molecule has 1 fully saturated rings. The second-order valence-corrected chi connectivity index (χ2v) is 4.53. The molecule has 0 saturated carbocycles. The maximum atomic E-state index is 5.34. The first-order chi connectivity index (χ1) is 6.90. The molecule has 0 atom stereocenters. The minimum atomic E-state index is 0.630. The standard InChI is InChI=1S/C10H16N2OS/c1-11-6-10-12-9(7-14-10)8-2-4-13-5-3-8/h7-8,11H,2-6H2,1H3. The van der Waals surface area contributed by atoms with Gasteiger partial charge in [0.2, 0.25) is 0 Å². The first-order valence-corrected chi connectivity index (χ1v) is 5.94. The molecule has 14 heavy (non-hydrogen) atoms. The Bertz CT molecular complexity index is 281. The number of nitrogens with one attached hydrogen (secondary N) is 1. The molecule has 0 spiro atoms. The van der Waals surface area contributed by atoms with Gasteiger partial charge in [-0.15, -0.1) is 11.3 Å². The molecule has 0 aromatic carbocycles. The molecule has 1 aromatic rings. The lowest BCUT2D eigenvalue weighted by Crippen LogP contribution is -2.14. The topological polar surface area (TPSA) is 34.2 Å². The van der Waals surface area contributed by atoms with Gasteiger partial charge in [-0.25, -0.2) is 4.98 Å². The molecule has 4 heteroatoms. The summed E-state index contributed by atoms with van der Waals surface area (Å²) in [6, 6.07) is 0. The van der Waals surface area contributed by atoms with Gasteiger partial charge >= 0.3 is 0 Å². The maximum absolute atomic E-state index is 5.34. The molecule has 0 radical (unpaired) electrons. The molecule has 1 aliphatic rings. The fraction of sp³-hybridized carbons (Fsp3) is 0.700. The van der Waals surface area contributed by atoms with Gasteiger partial charge in [-0.2, -0.15) is 0 Å². The van der Waals surface area contributed by atoms with Crippen LogP contribution in [0.3, 0.4) is 0 Å². The molecule has 1 aromatic heterocycles. The Morgan fingerprint density at radius 1 is 1.57 bits per heavy atom. The predicted molar refractivity (Wildman–Crippen MR) is 57.7 cm³/mol.